The first kappa shape index (κ1) is 16.8. The summed E-state index contributed by atoms with van der Waals surface area (Å²) < 4.78 is 0. The minimum absolute atomic E-state index is 0.168. The number of thiazole rings is 1. The molecule has 2 amide bonds. The van der Waals surface area contributed by atoms with Crippen molar-refractivity contribution in [2.24, 2.45) is 0 Å². The number of carbonyl (C=O) groups excluding carboxylic acids is 2. The van der Waals surface area contributed by atoms with Crippen molar-refractivity contribution in [1.82, 2.24) is 15.3 Å². The van der Waals surface area contributed by atoms with Crippen LogP contribution in [0.15, 0.2) is 54.2 Å². The van der Waals surface area contributed by atoms with Gasteiger partial charge >= 0.3 is 0 Å². The van der Waals surface area contributed by atoms with Crippen LogP contribution in [0.3, 0.4) is 0 Å². The highest BCUT2D eigenvalue weighted by Gasteiger charge is 2.10. The molecule has 2 heterocycles. The van der Waals surface area contributed by atoms with E-state index in [4.69, 9.17) is 0 Å². The topological polar surface area (TPSA) is 84.0 Å². The molecule has 0 aliphatic carbocycles. The molecule has 0 aliphatic rings. The Kier molecular flexibility index (Phi) is 5.15. The number of hydrogen-bond acceptors (Lipinski definition) is 5. The van der Waals surface area contributed by atoms with Crippen LogP contribution in [0.25, 0.3) is 10.6 Å². The van der Waals surface area contributed by atoms with Crippen molar-refractivity contribution in [1.29, 1.82) is 0 Å². The van der Waals surface area contributed by atoms with E-state index in [-0.39, 0.29) is 18.2 Å². The van der Waals surface area contributed by atoms with E-state index in [1.807, 2.05) is 17.5 Å². The molecule has 7 heteroatoms. The van der Waals surface area contributed by atoms with Gasteiger partial charge in [-0.3, -0.25) is 14.6 Å². The van der Waals surface area contributed by atoms with Gasteiger partial charge in [0.25, 0.3) is 5.91 Å². The maximum Gasteiger partial charge on any atom is 0.251 e. The third kappa shape index (κ3) is 4.27. The fourth-order valence-corrected chi connectivity index (χ4v) is 3.07. The zero-order valence-corrected chi connectivity index (χ0v) is 14.3. The highest BCUT2D eigenvalue weighted by molar-refractivity contribution is 7.13. The number of nitrogens with one attached hydrogen (secondary N) is 2. The van der Waals surface area contributed by atoms with Gasteiger partial charge in [-0.15, -0.1) is 11.3 Å². The van der Waals surface area contributed by atoms with Crippen molar-refractivity contribution in [3.05, 3.63) is 65.4 Å². The molecule has 3 aromatic rings. The maximum atomic E-state index is 12.2. The van der Waals surface area contributed by atoms with Gasteiger partial charge in [0.1, 0.15) is 5.01 Å². The summed E-state index contributed by atoms with van der Waals surface area (Å²) in [5, 5.41) is 8.04. The molecule has 3 rings (SSSR count). The molecular formula is C18H16N4O2S. The van der Waals surface area contributed by atoms with Crippen LogP contribution in [0.1, 0.15) is 16.1 Å². The first-order valence-corrected chi connectivity index (χ1v) is 8.50. The van der Waals surface area contributed by atoms with Crippen molar-refractivity contribution in [2.75, 3.05) is 12.4 Å². The average Bonchev–Trinajstić information content (AvgIpc) is 3.10. The molecule has 0 saturated heterocycles. The van der Waals surface area contributed by atoms with Gasteiger partial charge in [-0.25, -0.2) is 4.98 Å². The maximum absolute atomic E-state index is 12.2. The minimum Gasteiger partial charge on any atom is -0.355 e. The van der Waals surface area contributed by atoms with Gasteiger partial charge in [0.05, 0.1) is 12.1 Å². The predicted octanol–water partition coefficient (Wildman–Crippen LogP) is 2.75. The van der Waals surface area contributed by atoms with Crippen LogP contribution in [0.5, 0.6) is 0 Å². The van der Waals surface area contributed by atoms with E-state index in [2.05, 4.69) is 20.6 Å². The van der Waals surface area contributed by atoms with Crippen LogP contribution < -0.4 is 10.6 Å². The lowest BCUT2D eigenvalue weighted by atomic mass is 10.2. The second-order valence-electron chi connectivity index (χ2n) is 5.27. The Balaban J connectivity index is 1.65. The fraction of sp³-hybridized carbons (Fsp3) is 0.111. The molecular weight excluding hydrogens is 336 g/mol. The SMILES string of the molecule is CNC(=O)c1cccc(NC(=O)Cc2csc(-c3cccnc3)n2)c1. The normalized spacial score (nSPS) is 10.3. The van der Waals surface area contributed by atoms with Crippen molar-refractivity contribution in [2.45, 2.75) is 6.42 Å². The number of hydrogen-bond donors (Lipinski definition) is 2. The molecule has 6 nitrogen and oxygen atoms in total. The van der Waals surface area contributed by atoms with E-state index in [1.54, 1.807) is 43.7 Å². The highest BCUT2D eigenvalue weighted by atomic mass is 32.1. The molecule has 0 aliphatic heterocycles. The predicted molar refractivity (Wildman–Crippen MR) is 97.5 cm³/mol. The molecule has 2 aromatic heterocycles. The first-order chi connectivity index (χ1) is 12.2. The number of rotatable bonds is 5. The van der Waals surface area contributed by atoms with Crippen LogP contribution in [-0.2, 0) is 11.2 Å². The van der Waals surface area contributed by atoms with Gasteiger partial charge in [-0.2, -0.15) is 0 Å². The van der Waals surface area contributed by atoms with Crippen LogP contribution in [0, 0.1) is 0 Å². The largest absolute Gasteiger partial charge is 0.355 e. The number of aromatic nitrogens is 2. The Bertz CT molecular complexity index is 893. The van der Waals surface area contributed by atoms with Crippen LogP contribution >= 0.6 is 11.3 Å². The molecule has 0 saturated carbocycles. The van der Waals surface area contributed by atoms with E-state index in [9.17, 15) is 9.59 Å². The Labute approximate surface area is 149 Å². The number of pyridine rings is 1. The van der Waals surface area contributed by atoms with Gasteiger partial charge in [0.15, 0.2) is 0 Å². The molecule has 0 unspecified atom stereocenters. The summed E-state index contributed by atoms with van der Waals surface area (Å²) in [6.07, 6.45) is 3.62. The number of carbonyl (C=O) groups is 2. The Morgan fingerprint density at radius 2 is 2.08 bits per heavy atom. The summed E-state index contributed by atoms with van der Waals surface area (Å²) in [6.45, 7) is 0. The van der Waals surface area contributed by atoms with Crippen molar-refractivity contribution in [3.8, 4) is 10.6 Å². The standard InChI is InChI=1S/C18H16N4O2S/c1-19-17(24)12-4-2-6-14(8-12)21-16(23)9-15-11-25-18(22-15)13-5-3-7-20-10-13/h2-8,10-11H,9H2,1H3,(H,19,24)(H,21,23). The van der Waals surface area contributed by atoms with E-state index >= 15 is 0 Å². The highest BCUT2D eigenvalue weighted by Crippen LogP contribution is 2.23. The molecule has 1 aromatic carbocycles. The van der Waals surface area contributed by atoms with Crippen molar-refractivity contribution in [3.63, 3.8) is 0 Å². The summed E-state index contributed by atoms with van der Waals surface area (Å²) in [5.41, 5.74) is 2.70. The summed E-state index contributed by atoms with van der Waals surface area (Å²) in [6, 6.07) is 10.6. The van der Waals surface area contributed by atoms with Crippen molar-refractivity contribution < 1.29 is 9.59 Å². The number of anilines is 1. The molecule has 0 fully saturated rings. The van der Waals surface area contributed by atoms with Crippen LogP contribution in [0.4, 0.5) is 5.69 Å². The zero-order chi connectivity index (χ0) is 17.6. The molecule has 126 valence electrons. The van der Waals surface area contributed by atoms with Crippen LogP contribution in [0.2, 0.25) is 0 Å². The summed E-state index contributed by atoms with van der Waals surface area (Å²) >= 11 is 1.48. The summed E-state index contributed by atoms with van der Waals surface area (Å²) in [5.74, 6) is -0.381. The van der Waals surface area contributed by atoms with Gasteiger partial charge in [0, 0.05) is 41.6 Å². The Hall–Kier alpha value is -3.06. The lowest BCUT2D eigenvalue weighted by Gasteiger charge is -2.06. The van der Waals surface area contributed by atoms with Crippen molar-refractivity contribution >= 4 is 28.8 Å². The third-order valence-corrected chi connectivity index (χ3v) is 4.38. The molecule has 25 heavy (non-hydrogen) atoms. The molecule has 0 atom stereocenters. The van der Waals surface area contributed by atoms with Gasteiger partial charge in [-0.1, -0.05) is 6.07 Å². The van der Waals surface area contributed by atoms with E-state index in [1.165, 1.54) is 11.3 Å². The van der Waals surface area contributed by atoms with Gasteiger partial charge in [0.2, 0.25) is 5.91 Å². The third-order valence-electron chi connectivity index (χ3n) is 3.44. The van der Waals surface area contributed by atoms with E-state index < -0.39 is 0 Å². The second kappa shape index (κ2) is 7.67. The molecule has 0 spiro atoms. The zero-order valence-electron chi connectivity index (χ0n) is 13.5. The lowest BCUT2D eigenvalue weighted by Crippen LogP contribution is -2.19. The first-order valence-electron chi connectivity index (χ1n) is 7.62. The molecule has 0 bridgehead atoms. The quantitative estimate of drug-likeness (QED) is 0.739. The monoisotopic (exact) mass is 352 g/mol. The Morgan fingerprint density at radius 3 is 2.84 bits per heavy atom. The van der Waals surface area contributed by atoms with Gasteiger partial charge < -0.3 is 10.6 Å². The number of amides is 2. The second-order valence-corrected chi connectivity index (χ2v) is 6.13. The van der Waals surface area contributed by atoms with E-state index in [0.29, 0.717) is 16.9 Å². The molecule has 2 N–H and O–H groups in total. The smallest absolute Gasteiger partial charge is 0.251 e. The summed E-state index contributed by atoms with van der Waals surface area (Å²) in [7, 11) is 1.57. The lowest BCUT2D eigenvalue weighted by molar-refractivity contribution is -0.115. The number of nitrogens with zero attached hydrogens (tertiary/aromatic N) is 2. The average molecular weight is 352 g/mol. The minimum atomic E-state index is -0.197. The van der Waals surface area contributed by atoms with Gasteiger partial charge in [-0.05, 0) is 30.3 Å². The molecule has 0 radical (unpaired) electrons. The number of benzene rings is 1. The Morgan fingerprint density at radius 1 is 1.20 bits per heavy atom. The fourth-order valence-electron chi connectivity index (χ4n) is 2.26. The summed E-state index contributed by atoms with van der Waals surface area (Å²) in [4.78, 5) is 32.4. The van der Waals surface area contributed by atoms with E-state index in [0.717, 1.165) is 10.6 Å². The van der Waals surface area contributed by atoms with Crippen LogP contribution in [-0.4, -0.2) is 28.8 Å².